The molecule has 0 amide bonds. The lowest BCUT2D eigenvalue weighted by atomic mass is 10.1. The van der Waals surface area contributed by atoms with E-state index in [9.17, 15) is 0 Å². The molecule has 4 aromatic carbocycles. The summed E-state index contributed by atoms with van der Waals surface area (Å²) >= 11 is 0. The maximum absolute atomic E-state index is 3.58. The topological polar surface area (TPSA) is 20.7 Å². The molecule has 0 bridgehead atoms. The molecule has 0 atom stereocenters. The van der Waals surface area contributed by atoms with Crippen molar-refractivity contribution in [2.24, 2.45) is 0 Å². The third-order valence-electron chi connectivity index (χ3n) is 5.32. The van der Waals surface area contributed by atoms with Crippen LogP contribution in [0.25, 0.3) is 49.3 Å². The average molecular weight is 332 g/mol. The predicted octanol–water partition coefficient (Wildman–Crippen LogP) is 6.42. The fraction of sp³-hybridized carbons (Fsp3) is 0. The Hall–Kier alpha value is -3.52. The molecule has 122 valence electrons. The second-order valence-corrected chi connectivity index (χ2v) is 6.74. The first-order chi connectivity index (χ1) is 12.9. The average Bonchev–Trinajstić information content (AvgIpc) is 3.24. The molecule has 0 unspecified atom stereocenters. The van der Waals surface area contributed by atoms with Crippen LogP contribution in [0.4, 0.5) is 0 Å². The zero-order chi connectivity index (χ0) is 17.1. The van der Waals surface area contributed by atoms with Crippen molar-refractivity contribution in [1.29, 1.82) is 0 Å². The van der Waals surface area contributed by atoms with E-state index in [2.05, 4.69) is 101 Å². The van der Waals surface area contributed by atoms with Gasteiger partial charge in [0.15, 0.2) is 0 Å². The molecular weight excluding hydrogens is 316 g/mol. The Morgan fingerprint density at radius 1 is 0.538 bits per heavy atom. The maximum Gasteiger partial charge on any atom is 0.0641 e. The molecular formula is C24H16N2. The van der Waals surface area contributed by atoms with E-state index in [0.717, 1.165) is 0 Å². The van der Waals surface area contributed by atoms with Crippen LogP contribution < -0.4 is 0 Å². The molecule has 0 spiro atoms. The Morgan fingerprint density at radius 3 is 2.15 bits per heavy atom. The fourth-order valence-electron chi connectivity index (χ4n) is 4.23. The zero-order valence-corrected chi connectivity index (χ0v) is 14.1. The van der Waals surface area contributed by atoms with Gasteiger partial charge in [0, 0.05) is 38.3 Å². The molecule has 0 aliphatic carbocycles. The molecule has 0 saturated heterocycles. The van der Waals surface area contributed by atoms with E-state index in [4.69, 9.17) is 0 Å². The number of fused-ring (bicyclic) bond motifs is 7. The predicted molar refractivity (Wildman–Crippen MR) is 110 cm³/mol. The number of benzene rings is 4. The summed E-state index contributed by atoms with van der Waals surface area (Å²) in [6.07, 6.45) is 0. The summed E-state index contributed by atoms with van der Waals surface area (Å²) in [6.45, 7) is 0. The Balaban J connectivity index is 1.96. The highest BCUT2D eigenvalue weighted by Crippen LogP contribution is 2.39. The standard InChI is InChI=1S/C24H16N2/c1-2-8-16(9-3-1)26-22-13-7-5-10-17(22)18-14-15-21-23(24(18)26)19-11-4-6-12-20(19)25-21/h1-15,25H. The molecule has 0 fully saturated rings. The van der Waals surface area contributed by atoms with Gasteiger partial charge in [0.05, 0.1) is 11.0 Å². The van der Waals surface area contributed by atoms with E-state index in [0.29, 0.717) is 0 Å². The van der Waals surface area contributed by atoms with Crippen LogP contribution in [0.5, 0.6) is 0 Å². The highest BCUT2D eigenvalue weighted by Gasteiger charge is 2.17. The summed E-state index contributed by atoms with van der Waals surface area (Å²) in [6, 6.07) is 32.3. The van der Waals surface area contributed by atoms with Crippen LogP contribution in [-0.2, 0) is 0 Å². The van der Waals surface area contributed by atoms with Crippen LogP contribution in [0, 0.1) is 0 Å². The van der Waals surface area contributed by atoms with Crippen molar-refractivity contribution in [2.75, 3.05) is 0 Å². The fourth-order valence-corrected chi connectivity index (χ4v) is 4.23. The van der Waals surface area contributed by atoms with Crippen molar-refractivity contribution >= 4 is 43.6 Å². The number of aromatic nitrogens is 2. The molecule has 2 heterocycles. The number of nitrogens with one attached hydrogen (secondary N) is 1. The van der Waals surface area contributed by atoms with Gasteiger partial charge in [-0.15, -0.1) is 0 Å². The molecule has 6 rings (SSSR count). The smallest absolute Gasteiger partial charge is 0.0641 e. The van der Waals surface area contributed by atoms with Crippen molar-refractivity contribution < 1.29 is 0 Å². The third-order valence-corrected chi connectivity index (χ3v) is 5.32. The Labute approximate surface area is 150 Å². The van der Waals surface area contributed by atoms with E-state index < -0.39 is 0 Å². The molecule has 26 heavy (non-hydrogen) atoms. The van der Waals surface area contributed by atoms with Gasteiger partial charge in [-0.3, -0.25) is 0 Å². The van der Waals surface area contributed by atoms with E-state index in [-0.39, 0.29) is 0 Å². The van der Waals surface area contributed by atoms with Crippen LogP contribution >= 0.6 is 0 Å². The maximum atomic E-state index is 3.58. The van der Waals surface area contributed by atoms with Gasteiger partial charge in [0.25, 0.3) is 0 Å². The second-order valence-electron chi connectivity index (χ2n) is 6.74. The van der Waals surface area contributed by atoms with Crippen LogP contribution in [0.3, 0.4) is 0 Å². The lowest BCUT2D eigenvalue weighted by Gasteiger charge is -2.08. The van der Waals surface area contributed by atoms with E-state index in [1.54, 1.807) is 0 Å². The van der Waals surface area contributed by atoms with Crippen LogP contribution in [-0.4, -0.2) is 9.55 Å². The number of H-pyrrole nitrogens is 1. The summed E-state index contributed by atoms with van der Waals surface area (Å²) in [7, 11) is 0. The molecule has 1 N–H and O–H groups in total. The van der Waals surface area contributed by atoms with Gasteiger partial charge in [0.2, 0.25) is 0 Å². The van der Waals surface area contributed by atoms with Crippen LogP contribution in [0.15, 0.2) is 91.0 Å². The minimum Gasteiger partial charge on any atom is -0.354 e. The minimum atomic E-state index is 1.18. The molecule has 6 aromatic rings. The quantitative estimate of drug-likeness (QED) is 0.359. The number of para-hydroxylation sites is 3. The van der Waals surface area contributed by atoms with Gasteiger partial charge in [0.1, 0.15) is 0 Å². The third kappa shape index (κ3) is 1.71. The zero-order valence-electron chi connectivity index (χ0n) is 14.1. The number of nitrogens with zero attached hydrogens (tertiary/aromatic N) is 1. The summed E-state index contributed by atoms with van der Waals surface area (Å²) in [5.74, 6) is 0. The largest absolute Gasteiger partial charge is 0.354 e. The summed E-state index contributed by atoms with van der Waals surface area (Å²) in [5.41, 5.74) is 6.06. The SMILES string of the molecule is c1ccc(-n2c3ccccc3c3ccc4[nH]c5ccccc5c4c32)cc1. The summed E-state index contributed by atoms with van der Waals surface area (Å²) < 4.78 is 2.40. The molecule has 2 aromatic heterocycles. The highest BCUT2D eigenvalue weighted by atomic mass is 15.0. The van der Waals surface area contributed by atoms with Crippen molar-refractivity contribution in [3.8, 4) is 5.69 Å². The molecule has 0 aliphatic rings. The van der Waals surface area contributed by atoms with E-state index in [1.807, 2.05) is 0 Å². The molecule has 2 heteroatoms. The Morgan fingerprint density at radius 2 is 1.27 bits per heavy atom. The number of aromatic amines is 1. The summed E-state index contributed by atoms with van der Waals surface area (Å²) in [5, 5.41) is 5.14. The van der Waals surface area contributed by atoms with Gasteiger partial charge in [-0.1, -0.05) is 60.7 Å². The van der Waals surface area contributed by atoms with Crippen LogP contribution in [0.1, 0.15) is 0 Å². The summed E-state index contributed by atoms with van der Waals surface area (Å²) in [4.78, 5) is 3.58. The van der Waals surface area contributed by atoms with E-state index >= 15 is 0 Å². The van der Waals surface area contributed by atoms with Gasteiger partial charge in [-0.05, 0) is 30.3 Å². The minimum absolute atomic E-state index is 1.18. The molecule has 0 aliphatic heterocycles. The van der Waals surface area contributed by atoms with E-state index in [1.165, 1.54) is 49.3 Å². The normalized spacial score (nSPS) is 11.8. The van der Waals surface area contributed by atoms with Crippen molar-refractivity contribution in [3.05, 3.63) is 91.0 Å². The highest BCUT2D eigenvalue weighted by molar-refractivity contribution is 6.25. The Bertz CT molecular complexity index is 1420. The molecule has 2 nitrogen and oxygen atoms in total. The first-order valence-electron chi connectivity index (χ1n) is 8.90. The first kappa shape index (κ1) is 13.7. The van der Waals surface area contributed by atoms with Gasteiger partial charge >= 0.3 is 0 Å². The van der Waals surface area contributed by atoms with Crippen molar-refractivity contribution in [1.82, 2.24) is 9.55 Å². The Kier molecular flexibility index (Phi) is 2.64. The van der Waals surface area contributed by atoms with Crippen molar-refractivity contribution in [3.63, 3.8) is 0 Å². The van der Waals surface area contributed by atoms with Crippen molar-refractivity contribution in [2.45, 2.75) is 0 Å². The lowest BCUT2D eigenvalue weighted by molar-refractivity contribution is 1.19. The number of hydrogen-bond acceptors (Lipinski definition) is 0. The monoisotopic (exact) mass is 332 g/mol. The molecule has 0 saturated carbocycles. The second kappa shape index (κ2) is 4.99. The van der Waals surface area contributed by atoms with Gasteiger partial charge < -0.3 is 9.55 Å². The molecule has 0 radical (unpaired) electrons. The number of hydrogen-bond donors (Lipinski definition) is 1. The lowest BCUT2D eigenvalue weighted by Crippen LogP contribution is -1.93. The van der Waals surface area contributed by atoms with Gasteiger partial charge in [-0.25, -0.2) is 0 Å². The number of rotatable bonds is 1. The first-order valence-corrected chi connectivity index (χ1v) is 8.90. The van der Waals surface area contributed by atoms with Gasteiger partial charge in [-0.2, -0.15) is 0 Å². The van der Waals surface area contributed by atoms with Crippen LogP contribution in [0.2, 0.25) is 0 Å².